The number of benzene rings is 2. The Bertz CT molecular complexity index is 522. The topological polar surface area (TPSA) is 18.5 Å². The van der Waals surface area contributed by atoms with E-state index in [9.17, 15) is 0 Å². The highest BCUT2D eigenvalue weighted by Gasteiger charge is 2.50. The molecular weight excluding hydrogens is 278 g/mol. The first-order valence-corrected chi connectivity index (χ1v) is 8.38. The van der Waals surface area contributed by atoms with Crippen molar-refractivity contribution in [2.75, 3.05) is 6.16 Å². The molecule has 0 aliphatic carbocycles. The molecule has 3 radical (unpaired) electrons. The fraction of sp³-hybridized carbons (Fsp3) is 0.294. The van der Waals surface area contributed by atoms with Crippen molar-refractivity contribution in [2.24, 2.45) is 0 Å². The molecule has 2 aromatic carbocycles. The zero-order valence-corrected chi connectivity index (χ0v) is 13.3. The molecule has 2 unspecified atom stereocenters. The van der Waals surface area contributed by atoms with E-state index in [1.165, 1.54) is 0 Å². The van der Waals surface area contributed by atoms with Gasteiger partial charge in [-0.3, -0.25) is 0 Å². The molecule has 1 aliphatic rings. The smallest absolute Gasteiger partial charge is 0.171 e. The molecule has 0 aromatic heterocycles. The van der Waals surface area contributed by atoms with Crippen LogP contribution in [0.3, 0.4) is 0 Å². The lowest BCUT2D eigenvalue weighted by Crippen LogP contribution is -2.36. The predicted molar refractivity (Wildman–Crippen MR) is 88.5 cm³/mol. The van der Waals surface area contributed by atoms with Crippen LogP contribution in [0.1, 0.15) is 25.0 Å². The van der Waals surface area contributed by atoms with Crippen molar-refractivity contribution in [1.29, 1.82) is 0 Å². The van der Waals surface area contributed by atoms with Crippen LogP contribution in [-0.4, -0.2) is 20.7 Å². The molecule has 2 atom stereocenters. The minimum absolute atomic E-state index is 0. The Morgan fingerprint density at radius 3 is 1.81 bits per heavy atom. The fourth-order valence-electron chi connectivity index (χ4n) is 2.76. The van der Waals surface area contributed by atoms with E-state index in [4.69, 9.17) is 9.05 Å². The normalized spacial score (nSPS) is 23.5. The van der Waals surface area contributed by atoms with Crippen LogP contribution < -0.4 is 0 Å². The molecular formula is C17H19BO2P. The molecule has 1 heterocycles. The second-order valence-corrected chi connectivity index (χ2v) is 6.65. The SMILES string of the molecule is CCP1OC(C)C(c2ccccc2)(c2ccccc2)O1.[B]. The summed E-state index contributed by atoms with van der Waals surface area (Å²) in [6.07, 6.45) is 0.930. The van der Waals surface area contributed by atoms with E-state index in [1.807, 2.05) is 12.1 Å². The number of hydrogen-bond donors (Lipinski definition) is 0. The number of rotatable bonds is 3. The van der Waals surface area contributed by atoms with Gasteiger partial charge in [-0.25, -0.2) is 0 Å². The average molecular weight is 297 g/mol. The summed E-state index contributed by atoms with van der Waals surface area (Å²) >= 11 is 0. The standard InChI is InChI=1S/C17H19O2P.B/c1-3-20-18-14(2)17(19-20,15-10-6-4-7-11-15)16-12-8-5-9-13-16;/h4-14H,3H2,1-2H3;. The van der Waals surface area contributed by atoms with E-state index in [2.05, 4.69) is 62.4 Å². The van der Waals surface area contributed by atoms with Gasteiger partial charge in [0.25, 0.3) is 0 Å². The summed E-state index contributed by atoms with van der Waals surface area (Å²) in [5.41, 5.74) is 1.85. The molecule has 21 heavy (non-hydrogen) atoms. The molecule has 1 fully saturated rings. The third-order valence-corrected chi connectivity index (χ3v) is 5.32. The van der Waals surface area contributed by atoms with Gasteiger partial charge in [-0.1, -0.05) is 67.6 Å². The molecule has 0 N–H and O–H groups in total. The molecule has 107 valence electrons. The predicted octanol–water partition coefficient (Wildman–Crippen LogP) is 4.32. The van der Waals surface area contributed by atoms with Crippen molar-refractivity contribution in [3.8, 4) is 0 Å². The van der Waals surface area contributed by atoms with Crippen LogP contribution in [0.25, 0.3) is 0 Å². The average Bonchev–Trinajstić information content (AvgIpc) is 2.87. The number of hydrogen-bond acceptors (Lipinski definition) is 2. The molecule has 4 heteroatoms. The van der Waals surface area contributed by atoms with Gasteiger partial charge in [0.1, 0.15) is 0 Å². The summed E-state index contributed by atoms with van der Waals surface area (Å²) in [7, 11) is -0.817. The lowest BCUT2D eigenvalue weighted by Gasteiger charge is -2.31. The third kappa shape index (κ3) is 2.79. The monoisotopic (exact) mass is 297 g/mol. The maximum Gasteiger partial charge on any atom is 0.171 e. The van der Waals surface area contributed by atoms with Crippen LogP contribution in [0.2, 0.25) is 0 Å². The Labute approximate surface area is 130 Å². The van der Waals surface area contributed by atoms with Crippen molar-refractivity contribution >= 4 is 16.8 Å². The minimum atomic E-state index is -0.817. The Kier molecular flexibility index (Phi) is 5.21. The second-order valence-electron chi connectivity index (χ2n) is 4.96. The molecule has 0 spiro atoms. The zero-order chi connectivity index (χ0) is 14.0. The maximum absolute atomic E-state index is 6.43. The van der Waals surface area contributed by atoms with Crippen LogP contribution in [0, 0.1) is 0 Å². The molecule has 0 bridgehead atoms. The Morgan fingerprint density at radius 1 is 0.952 bits per heavy atom. The maximum atomic E-state index is 6.43. The first-order chi connectivity index (χ1) is 9.77. The van der Waals surface area contributed by atoms with Gasteiger partial charge in [-0.2, -0.15) is 0 Å². The molecule has 2 aromatic rings. The molecule has 3 rings (SSSR count). The first-order valence-electron chi connectivity index (χ1n) is 7.02. The highest BCUT2D eigenvalue weighted by Crippen LogP contribution is 2.59. The third-order valence-electron chi connectivity index (χ3n) is 3.76. The van der Waals surface area contributed by atoms with Crippen LogP contribution in [0.5, 0.6) is 0 Å². The minimum Gasteiger partial charge on any atom is -0.327 e. The van der Waals surface area contributed by atoms with E-state index in [-0.39, 0.29) is 14.5 Å². The van der Waals surface area contributed by atoms with Crippen molar-refractivity contribution < 1.29 is 9.05 Å². The van der Waals surface area contributed by atoms with E-state index in [1.54, 1.807) is 0 Å². The Balaban J connectivity index is 0.00000161. The summed E-state index contributed by atoms with van der Waals surface area (Å²) < 4.78 is 12.5. The van der Waals surface area contributed by atoms with Crippen LogP contribution in [0.15, 0.2) is 60.7 Å². The van der Waals surface area contributed by atoms with Gasteiger partial charge in [0.05, 0.1) is 6.10 Å². The van der Waals surface area contributed by atoms with Gasteiger partial charge in [0.2, 0.25) is 0 Å². The van der Waals surface area contributed by atoms with Crippen molar-refractivity contribution in [2.45, 2.75) is 25.6 Å². The Hall–Kier alpha value is -1.15. The molecule has 1 aliphatic heterocycles. The van der Waals surface area contributed by atoms with Crippen LogP contribution in [0.4, 0.5) is 0 Å². The van der Waals surface area contributed by atoms with Gasteiger partial charge < -0.3 is 9.05 Å². The van der Waals surface area contributed by atoms with Gasteiger partial charge in [-0.15, -0.1) is 0 Å². The molecule has 2 nitrogen and oxygen atoms in total. The quantitative estimate of drug-likeness (QED) is 0.620. The fourth-order valence-corrected chi connectivity index (χ4v) is 4.26. The molecule has 0 saturated carbocycles. The largest absolute Gasteiger partial charge is 0.327 e. The van der Waals surface area contributed by atoms with E-state index in [0.717, 1.165) is 17.3 Å². The summed E-state index contributed by atoms with van der Waals surface area (Å²) in [5, 5.41) is 0. The van der Waals surface area contributed by atoms with E-state index >= 15 is 0 Å². The second kappa shape index (κ2) is 6.74. The van der Waals surface area contributed by atoms with E-state index in [0.29, 0.717) is 0 Å². The Morgan fingerprint density at radius 2 is 1.43 bits per heavy atom. The van der Waals surface area contributed by atoms with E-state index < -0.39 is 14.0 Å². The van der Waals surface area contributed by atoms with Crippen molar-refractivity contribution in [3.05, 3.63) is 71.8 Å². The highest BCUT2D eigenvalue weighted by molar-refractivity contribution is 7.47. The van der Waals surface area contributed by atoms with Crippen molar-refractivity contribution in [3.63, 3.8) is 0 Å². The zero-order valence-electron chi connectivity index (χ0n) is 12.4. The highest BCUT2D eigenvalue weighted by atomic mass is 31.2. The summed E-state index contributed by atoms with van der Waals surface area (Å²) in [6.45, 7) is 4.22. The lowest BCUT2D eigenvalue weighted by atomic mass is 9.82. The van der Waals surface area contributed by atoms with Crippen molar-refractivity contribution in [1.82, 2.24) is 0 Å². The van der Waals surface area contributed by atoms with Crippen LogP contribution in [-0.2, 0) is 14.6 Å². The summed E-state index contributed by atoms with van der Waals surface area (Å²) in [4.78, 5) is 0. The molecule has 1 saturated heterocycles. The van der Waals surface area contributed by atoms with Crippen LogP contribution >= 0.6 is 8.38 Å². The van der Waals surface area contributed by atoms with Gasteiger partial charge >= 0.3 is 0 Å². The summed E-state index contributed by atoms with van der Waals surface area (Å²) in [6, 6.07) is 20.8. The summed E-state index contributed by atoms with van der Waals surface area (Å²) in [5.74, 6) is 0. The lowest BCUT2D eigenvalue weighted by molar-refractivity contribution is 0.0858. The van der Waals surface area contributed by atoms with Gasteiger partial charge in [0, 0.05) is 14.6 Å². The van der Waals surface area contributed by atoms with Gasteiger partial charge in [-0.05, 0) is 18.1 Å². The molecule has 0 amide bonds. The van der Waals surface area contributed by atoms with Gasteiger partial charge in [0.15, 0.2) is 14.0 Å². The first kappa shape index (κ1) is 16.2.